The third-order valence-corrected chi connectivity index (χ3v) is 1.86. The molecule has 0 saturated heterocycles. The van der Waals surface area contributed by atoms with E-state index in [2.05, 4.69) is 17.0 Å². The van der Waals surface area contributed by atoms with Gasteiger partial charge in [0.05, 0.1) is 11.0 Å². The minimum atomic E-state index is 0.736. The third kappa shape index (κ3) is 1.40. The third-order valence-electron chi connectivity index (χ3n) is 1.86. The van der Waals surface area contributed by atoms with Gasteiger partial charge in [0.1, 0.15) is 6.33 Å². The van der Waals surface area contributed by atoms with Crippen molar-refractivity contribution in [2.75, 3.05) is 12.0 Å². The number of para-hydroxylation sites is 2. The number of aromatic nitrogens is 2. The molecule has 0 fully saturated rings. The lowest BCUT2D eigenvalue weighted by molar-refractivity contribution is 0.917. The van der Waals surface area contributed by atoms with E-state index in [4.69, 9.17) is 0 Å². The van der Waals surface area contributed by atoms with E-state index in [1.165, 1.54) is 0 Å². The van der Waals surface area contributed by atoms with Gasteiger partial charge in [0.2, 0.25) is 0 Å². The predicted octanol–water partition coefficient (Wildman–Crippen LogP) is 1.77. The Morgan fingerprint density at radius 1 is 1.46 bits per heavy atom. The second-order valence-corrected chi connectivity index (χ2v) is 2.75. The Bertz CT molecular complexity index is 417. The van der Waals surface area contributed by atoms with Gasteiger partial charge in [0, 0.05) is 6.54 Å². The predicted molar refractivity (Wildman–Crippen MR) is 54.2 cm³/mol. The van der Waals surface area contributed by atoms with E-state index in [0.717, 1.165) is 17.6 Å². The first-order valence-electron chi connectivity index (χ1n) is 4.18. The van der Waals surface area contributed by atoms with Crippen LogP contribution < -0.4 is 5.43 Å². The number of nitrogens with zero attached hydrogens (tertiary/aromatic N) is 2. The number of imidazole rings is 1. The second-order valence-electron chi connectivity index (χ2n) is 2.75. The number of hydrogen-bond donors (Lipinski definition) is 1. The van der Waals surface area contributed by atoms with Gasteiger partial charge in [-0.25, -0.2) is 9.66 Å². The zero-order valence-electron chi connectivity index (χ0n) is 7.27. The Kier molecular flexibility index (Phi) is 2.00. The Morgan fingerprint density at radius 2 is 2.31 bits per heavy atom. The average molecular weight is 173 g/mol. The summed E-state index contributed by atoms with van der Waals surface area (Å²) in [7, 11) is 0. The summed E-state index contributed by atoms with van der Waals surface area (Å²) in [6.45, 7) is 4.38. The molecule has 1 aromatic carbocycles. The highest BCUT2D eigenvalue weighted by molar-refractivity contribution is 5.75. The van der Waals surface area contributed by atoms with E-state index in [1.54, 1.807) is 6.33 Å². The smallest absolute Gasteiger partial charge is 0.115 e. The van der Waals surface area contributed by atoms with Gasteiger partial charge in [-0.2, -0.15) is 0 Å². The summed E-state index contributed by atoms with van der Waals surface area (Å²) in [6.07, 6.45) is 3.59. The Balaban J connectivity index is 2.40. The molecule has 0 spiro atoms. The maximum absolute atomic E-state index is 4.24. The zero-order valence-corrected chi connectivity index (χ0v) is 7.27. The summed E-state index contributed by atoms with van der Waals surface area (Å²) in [5, 5.41) is 0. The van der Waals surface area contributed by atoms with E-state index in [1.807, 2.05) is 35.0 Å². The monoisotopic (exact) mass is 173 g/mol. The van der Waals surface area contributed by atoms with Gasteiger partial charge < -0.3 is 5.43 Å². The standard InChI is InChI=1S/C10H11N3/c1-2-7-12-13-8-11-9-5-3-4-6-10(9)13/h2-6,8,12H,1,7H2. The number of nitrogens with one attached hydrogen (secondary N) is 1. The molecule has 3 heteroatoms. The van der Waals surface area contributed by atoms with Crippen molar-refractivity contribution in [1.29, 1.82) is 0 Å². The number of hydrogen-bond acceptors (Lipinski definition) is 2. The maximum Gasteiger partial charge on any atom is 0.115 e. The van der Waals surface area contributed by atoms with Crippen molar-refractivity contribution in [3.05, 3.63) is 43.2 Å². The summed E-state index contributed by atoms with van der Waals surface area (Å²) in [5.41, 5.74) is 5.24. The molecule has 66 valence electrons. The SMILES string of the molecule is C=CCNn1cnc2ccccc21. The number of benzene rings is 1. The largest absolute Gasteiger partial charge is 0.321 e. The lowest BCUT2D eigenvalue weighted by Gasteiger charge is -2.04. The molecular formula is C10H11N3. The van der Waals surface area contributed by atoms with Crippen LogP contribution in [-0.4, -0.2) is 16.2 Å². The van der Waals surface area contributed by atoms with Gasteiger partial charge in [0.15, 0.2) is 0 Å². The van der Waals surface area contributed by atoms with Crippen molar-refractivity contribution in [1.82, 2.24) is 9.66 Å². The molecule has 0 unspecified atom stereocenters. The van der Waals surface area contributed by atoms with E-state index in [-0.39, 0.29) is 0 Å². The Morgan fingerprint density at radius 3 is 3.15 bits per heavy atom. The lowest BCUT2D eigenvalue weighted by Crippen LogP contribution is -2.12. The van der Waals surface area contributed by atoms with E-state index >= 15 is 0 Å². The number of fused-ring (bicyclic) bond motifs is 1. The molecule has 0 atom stereocenters. The topological polar surface area (TPSA) is 29.9 Å². The molecule has 1 heterocycles. The fourth-order valence-electron chi connectivity index (χ4n) is 1.25. The summed E-state index contributed by atoms with van der Waals surface area (Å²) < 4.78 is 1.90. The van der Waals surface area contributed by atoms with Crippen molar-refractivity contribution in [2.24, 2.45) is 0 Å². The molecule has 0 aliphatic heterocycles. The van der Waals surface area contributed by atoms with Gasteiger partial charge >= 0.3 is 0 Å². The van der Waals surface area contributed by atoms with E-state index < -0.39 is 0 Å². The number of rotatable bonds is 3. The van der Waals surface area contributed by atoms with Crippen LogP contribution in [0.2, 0.25) is 0 Å². The Labute approximate surface area is 76.7 Å². The first kappa shape index (κ1) is 7.86. The van der Waals surface area contributed by atoms with Crippen molar-refractivity contribution in [2.45, 2.75) is 0 Å². The second kappa shape index (κ2) is 3.31. The van der Waals surface area contributed by atoms with Crippen LogP contribution >= 0.6 is 0 Å². The van der Waals surface area contributed by atoms with Crippen LogP contribution in [0.25, 0.3) is 11.0 Å². The molecule has 1 N–H and O–H groups in total. The molecule has 2 aromatic rings. The molecule has 2 rings (SSSR count). The van der Waals surface area contributed by atoms with Crippen LogP contribution in [-0.2, 0) is 0 Å². The van der Waals surface area contributed by atoms with Gasteiger partial charge in [-0.3, -0.25) is 0 Å². The quantitative estimate of drug-likeness (QED) is 0.717. The molecule has 0 aliphatic carbocycles. The van der Waals surface area contributed by atoms with Crippen LogP contribution in [0, 0.1) is 0 Å². The van der Waals surface area contributed by atoms with Crippen molar-refractivity contribution in [3.63, 3.8) is 0 Å². The minimum absolute atomic E-state index is 0.736. The van der Waals surface area contributed by atoms with Crippen molar-refractivity contribution < 1.29 is 0 Å². The molecule has 3 nitrogen and oxygen atoms in total. The highest BCUT2D eigenvalue weighted by Gasteiger charge is 1.98. The van der Waals surface area contributed by atoms with Gasteiger partial charge in [0.25, 0.3) is 0 Å². The van der Waals surface area contributed by atoms with Crippen molar-refractivity contribution in [3.8, 4) is 0 Å². The minimum Gasteiger partial charge on any atom is -0.321 e. The molecule has 0 aliphatic rings. The molecule has 0 saturated carbocycles. The van der Waals surface area contributed by atoms with Crippen LogP contribution in [0.15, 0.2) is 43.2 Å². The van der Waals surface area contributed by atoms with Gasteiger partial charge in [-0.05, 0) is 12.1 Å². The van der Waals surface area contributed by atoms with Crippen LogP contribution in [0.5, 0.6) is 0 Å². The first-order chi connectivity index (χ1) is 6.42. The normalized spacial score (nSPS) is 10.2. The van der Waals surface area contributed by atoms with E-state index in [9.17, 15) is 0 Å². The molecule has 0 amide bonds. The maximum atomic E-state index is 4.24. The molecule has 1 aromatic heterocycles. The molecule has 0 radical (unpaired) electrons. The van der Waals surface area contributed by atoms with Crippen LogP contribution in [0.3, 0.4) is 0 Å². The Hall–Kier alpha value is -1.77. The lowest BCUT2D eigenvalue weighted by atomic mass is 10.3. The summed E-state index contributed by atoms with van der Waals surface area (Å²) in [4.78, 5) is 4.24. The van der Waals surface area contributed by atoms with Crippen LogP contribution in [0.1, 0.15) is 0 Å². The fourth-order valence-corrected chi connectivity index (χ4v) is 1.25. The zero-order chi connectivity index (χ0) is 9.10. The molecular weight excluding hydrogens is 162 g/mol. The van der Waals surface area contributed by atoms with Crippen molar-refractivity contribution >= 4 is 11.0 Å². The summed E-state index contributed by atoms with van der Waals surface area (Å²) in [5.74, 6) is 0. The summed E-state index contributed by atoms with van der Waals surface area (Å²) >= 11 is 0. The first-order valence-corrected chi connectivity index (χ1v) is 4.18. The summed E-state index contributed by atoms with van der Waals surface area (Å²) in [6, 6.07) is 7.99. The highest BCUT2D eigenvalue weighted by Crippen LogP contribution is 2.09. The van der Waals surface area contributed by atoms with Gasteiger partial charge in [-0.15, -0.1) is 6.58 Å². The van der Waals surface area contributed by atoms with Gasteiger partial charge in [-0.1, -0.05) is 18.2 Å². The van der Waals surface area contributed by atoms with Crippen LogP contribution in [0.4, 0.5) is 0 Å². The van der Waals surface area contributed by atoms with E-state index in [0.29, 0.717) is 0 Å². The highest BCUT2D eigenvalue weighted by atomic mass is 15.4. The molecule has 13 heavy (non-hydrogen) atoms. The average Bonchev–Trinajstić information content (AvgIpc) is 2.58. The fraction of sp³-hybridized carbons (Fsp3) is 0.100. The molecule has 0 bridgehead atoms.